The van der Waals surface area contributed by atoms with Crippen LogP contribution >= 0.6 is 15.6 Å². The Kier molecular flexibility index (Phi) is 88.2. The molecule has 0 aromatic rings. The minimum absolute atomic E-state index is 0.0772. The van der Waals surface area contributed by atoms with Gasteiger partial charge < -0.3 is 34.2 Å². The van der Waals surface area contributed by atoms with Crippen molar-refractivity contribution in [3.05, 3.63) is 170 Å². The molecule has 0 aromatic heterocycles. The zero-order chi connectivity index (χ0) is 86.5. The Balaban J connectivity index is 4.54. The summed E-state index contributed by atoms with van der Waals surface area (Å²) in [5.74, 6) is -1.59. The van der Waals surface area contributed by atoms with Crippen LogP contribution in [0, 0.1) is 0 Å². The van der Waals surface area contributed by atoms with Gasteiger partial charge in [-0.1, -0.05) is 390 Å². The molecule has 5 atom stereocenters. The summed E-state index contributed by atoms with van der Waals surface area (Å²) in [6.07, 6.45) is 120. The first kappa shape index (κ1) is 114. The summed E-state index contributed by atoms with van der Waals surface area (Å²) in [5.41, 5.74) is 0. The van der Waals surface area contributed by atoms with Crippen LogP contribution in [0.3, 0.4) is 0 Å². The van der Waals surface area contributed by atoms with Gasteiger partial charge in [0.05, 0.1) is 26.4 Å². The summed E-state index contributed by atoms with van der Waals surface area (Å²) < 4.78 is 61.5. The zero-order valence-electron chi connectivity index (χ0n) is 75.2. The second kappa shape index (κ2) is 92.1. The molecule has 0 amide bonds. The third kappa shape index (κ3) is 93.5. The molecule has 0 aliphatic carbocycles. The number of unbranched alkanes of at least 4 members (excludes halogenated alkanes) is 38. The lowest BCUT2D eigenvalue weighted by Crippen LogP contribution is -2.30. The zero-order valence-corrected chi connectivity index (χ0v) is 77.0. The normalized spacial score (nSPS) is 14.5. The fourth-order valence-corrected chi connectivity index (χ4v) is 14.4. The number of aliphatic hydroxyl groups is 2. The van der Waals surface area contributed by atoms with E-state index in [1.54, 1.807) is 0 Å². The van der Waals surface area contributed by atoms with Gasteiger partial charge in [-0.3, -0.25) is 32.5 Å². The molecule has 0 fully saturated rings. The van der Waals surface area contributed by atoms with Crippen LogP contribution in [0.4, 0.5) is 0 Å². The highest BCUT2D eigenvalue weighted by atomic mass is 31.2. The molecular weight excluding hydrogens is 1530 g/mol. The monoisotopic (exact) mass is 1700 g/mol. The number of rotatable bonds is 89. The topological polar surface area (TPSA) is 231 Å². The Morgan fingerprint density at radius 2 is 0.445 bits per heavy atom. The Bertz CT molecular complexity index is 2840. The van der Waals surface area contributed by atoms with E-state index in [0.717, 1.165) is 167 Å². The van der Waals surface area contributed by atoms with Crippen LogP contribution in [0.2, 0.25) is 0 Å². The Hall–Kier alpha value is -5.09. The van der Waals surface area contributed by atoms with E-state index >= 15 is 0 Å². The molecule has 0 saturated heterocycles. The molecule has 0 aliphatic heterocycles. The summed E-state index contributed by atoms with van der Waals surface area (Å²) in [6, 6.07) is 0. The van der Waals surface area contributed by atoms with Crippen LogP contribution in [0.15, 0.2) is 170 Å². The van der Waals surface area contributed by atoms with E-state index in [4.69, 9.17) is 32.3 Å². The maximum Gasteiger partial charge on any atom is 0.472 e. The Labute approximate surface area is 726 Å². The maximum atomic E-state index is 13.1. The SMILES string of the molecule is CC/C=C\C/C=C\C/C=C\C/C=C\C/C=C\CCCCCCCCCCCCCC(=O)OCC(COP(=O)(O)OCC(O)COP(=O)(O)OCC(O)COC(=O)CCCCCCCCCCCCCCCCCCCCC/C=C\C/C=C\C/C=C\C/C=C\CCCCC)OC(=O)CCCCCCC/C=C\C/C=C\C/C=C\C/C=C\C/C=C\CC. The predicted octanol–water partition coefficient (Wildman–Crippen LogP) is 29.4. The van der Waals surface area contributed by atoms with Crippen molar-refractivity contribution in [1.82, 2.24) is 0 Å². The molecule has 18 heteroatoms. The Morgan fingerprint density at radius 3 is 0.706 bits per heavy atom. The molecule has 0 bridgehead atoms. The lowest BCUT2D eigenvalue weighted by molar-refractivity contribution is -0.161. The molecule has 0 aliphatic rings. The number of carbonyl (C=O) groups is 3. The molecule has 0 rings (SSSR count). The first-order valence-corrected chi connectivity index (χ1v) is 50.4. The van der Waals surface area contributed by atoms with Crippen molar-refractivity contribution in [2.24, 2.45) is 0 Å². The largest absolute Gasteiger partial charge is 0.472 e. The van der Waals surface area contributed by atoms with Crippen LogP contribution in [0.1, 0.15) is 393 Å². The fourth-order valence-electron chi connectivity index (χ4n) is 12.8. The van der Waals surface area contributed by atoms with Gasteiger partial charge in [-0.2, -0.15) is 0 Å². The number of allylic oxidation sites excluding steroid dienone is 28. The predicted molar refractivity (Wildman–Crippen MR) is 500 cm³/mol. The van der Waals surface area contributed by atoms with Gasteiger partial charge in [0.1, 0.15) is 25.4 Å². The third-order valence-corrected chi connectivity index (χ3v) is 21.8. The summed E-state index contributed by atoms with van der Waals surface area (Å²) in [5, 5.41) is 20.8. The van der Waals surface area contributed by atoms with E-state index in [9.17, 15) is 43.5 Å². The van der Waals surface area contributed by atoms with Crippen molar-refractivity contribution in [1.29, 1.82) is 0 Å². The van der Waals surface area contributed by atoms with E-state index in [1.807, 2.05) is 0 Å². The highest BCUT2D eigenvalue weighted by Crippen LogP contribution is 2.45. The minimum Gasteiger partial charge on any atom is -0.463 e. The smallest absolute Gasteiger partial charge is 0.463 e. The second-order valence-corrected chi connectivity index (χ2v) is 34.3. The van der Waals surface area contributed by atoms with Crippen molar-refractivity contribution in [3.63, 3.8) is 0 Å². The van der Waals surface area contributed by atoms with Gasteiger partial charge in [0.15, 0.2) is 6.10 Å². The van der Waals surface area contributed by atoms with Crippen molar-refractivity contribution in [3.8, 4) is 0 Å². The minimum atomic E-state index is -4.95. The standard InChI is InChI=1S/C101H172O16P2/c1-4-7-10-13-16-19-22-25-28-31-34-37-39-41-43-44-45-46-47-48-49-50-52-54-55-58-60-63-66-69-72-75-78-81-84-87-99(104)111-90-96(102)91-113-118(107,108)114-92-97(103)93-115-119(109,110)116-95-98(117-101(106)89-86-83-80-77-74-71-68-65-62-57-36-33-30-27-24-21-18-15-12-9-6-3)94-112-100(105)88-85-82-79-76-73-70-67-64-61-59-56-53-51-42-40-38-35-32-29-26-23-20-17-14-11-8-5-2/h8-9,11-12,16-21,25-30,34-38,41-43,51,57,65,68,96-98,102-103H,4-7,10,13-15,22-24,31-33,39-40,44-50,52-56,58-64,66-67,69-95H2,1-3H3,(H,107,108)(H,109,110)/b11-8-,12-9-,19-16-,20-17-,21-18-,28-25-,29-26-,30-27-,37-34-,38-35-,43-41-,51-42-,57-36-,68-65-. The van der Waals surface area contributed by atoms with Gasteiger partial charge >= 0.3 is 33.6 Å². The lowest BCUT2D eigenvalue weighted by atomic mass is 10.0. The van der Waals surface area contributed by atoms with Crippen molar-refractivity contribution in [2.45, 2.75) is 411 Å². The van der Waals surface area contributed by atoms with Gasteiger partial charge in [-0.25, -0.2) is 9.13 Å². The molecule has 16 nitrogen and oxygen atoms in total. The van der Waals surface area contributed by atoms with Gasteiger partial charge in [-0.15, -0.1) is 0 Å². The summed E-state index contributed by atoms with van der Waals surface area (Å²) >= 11 is 0. The van der Waals surface area contributed by atoms with Gasteiger partial charge in [0, 0.05) is 19.3 Å². The first-order chi connectivity index (χ1) is 58.2. The van der Waals surface area contributed by atoms with Gasteiger partial charge in [0.25, 0.3) is 0 Å². The number of hydrogen-bond acceptors (Lipinski definition) is 14. The molecule has 5 unspecified atom stereocenters. The van der Waals surface area contributed by atoms with Crippen molar-refractivity contribution in [2.75, 3.05) is 39.6 Å². The number of aliphatic hydroxyl groups excluding tert-OH is 2. The number of ether oxygens (including phenoxy) is 3. The van der Waals surface area contributed by atoms with Crippen LogP contribution in [0.5, 0.6) is 0 Å². The summed E-state index contributed by atoms with van der Waals surface area (Å²) in [7, 11) is -9.82. The molecular formula is C101H172O16P2. The second-order valence-electron chi connectivity index (χ2n) is 31.4. The highest BCUT2D eigenvalue weighted by molar-refractivity contribution is 7.47. The van der Waals surface area contributed by atoms with Crippen LogP contribution in [-0.4, -0.2) is 95.9 Å². The van der Waals surface area contributed by atoms with Gasteiger partial charge in [0.2, 0.25) is 0 Å². The molecule has 0 heterocycles. The molecule has 0 aromatic carbocycles. The fraction of sp³-hybridized carbons (Fsp3) is 0.693. The lowest BCUT2D eigenvalue weighted by Gasteiger charge is -2.21. The van der Waals surface area contributed by atoms with E-state index < -0.39 is 91.5 Å². The van der Waals surface area contributed by atoms with E-state index in [0.29, 0.717) is 19.3 Å². The summed E-state index contributed by atoms with van der Waals surface area (Å²) in [6.45, 7) is 2.45. The van der Waals surface area contributed by atoms with E-state index in [-0.39, 0.29) is 19.3 Å². The van der Waals surface area contributed by atoms with Crippen LogP contribution < -0.4 is 0 Å². The molecule has 0 radical (unpaired) electrons. The quantitative estimate of drug-likeness (QED) is 0.0146. The number of esters is 3. The molecule has 4 N–H and O–H groups in total. The highest BCUT2D eigenvalue weighted by Gasteiger charge is 2.30. The number of phosphoric acid groups is 2. The number of carbonyl (C=O) groups excluding carboxylic acids is 3. The van der Waals surface area contributed by atoms with Crippen molar-refractivity contribution < 1.29 is 75.8 Å². The molecule has 119 heavy (non-hydrogen) atoms. The summed E-state index contributed by atoms with van der Waals surface area (Å²) in [4.78, 5) is 59.0. The molecule has 0 saturated carbocycles. The van der Waals surface area contributed by atoms with E-state index in [2.05, 4.69) is 191 Å². The molecule has 0 spiro atoms. The van der Waals surface area contributed by atoms with Crippen LogP contribution in [0.25, 0.3) is 0 Å². The average Bonchev–Trinajstić information content (AvgIpc) is 0.903. The van der Waals surface area contributed by atoms with Crippen molar-refractivity contribution >= 4 is 33.6 Å². The van der Waals surface area contributed by atoms with Gasteiger partial charge in [-0.05, 0) is 154 Å². The average molecular weight is 1700 g/mol. The Morgan fingerprint density at radius 1 is 0.244 bits per heavy atom. The maximum absolute atomic E-state index is 13.1. The number of hydrogen-bond donors (Lipinski definition) is 4. The third-order valence-electron chi connectivity index (χ3n) is 19.9. The first-order valence-electron chi connectivity index (χ1n) is 47.4. The van der Waals surface area contributed by atoms with E-state index in [1.165, 1.54) is 167 Å². The number of phosphoric ester groups is 2. The molecule has 682 valence electrons. The van der Waals surface area contributed by atoms with Crippen LogP contribution in [-0.2, 0) is 55.8 Å².